The van der Waals surface area contributed by atoms with Crippen LogP contribution in [0.4, 0.5) is 0 Å². The number of nitrogens with one attached hydrogen (secondary N) is 1. The van der Waals surface area contributed by atoms with Crippen molar-refractivity contribution in [3.8, 4) is 5.75 Å². The monoisotopic (exact) mass is 356 g/mol. The molecule has 1 heterocycles. The molecule has 21 heavy (non-hydrogen) atoms. The van der Waals surface area contributed by atoms with E-state index in [9.17, 15) is 4.79 Å². The van der Waals surface area contributed by atoms with Crippen molar-refractivity contribution in [3.05, 3.63) is 28.7 Å². The highest BCUT2D eigenvalue weighted by atomic mass is 79.9. The number of benzene rings is 1. The van der Waals surface area contributed by atoms with Gasteiger partial charge >= 0.3 is 0 Å². The predicted molar refractivity (Wildman–Crippen MR) is 84.5 cm³/mol. The maximum atomic E-state index is 12.0. The zero-order valence-corrected chi connectivity index (χ0v) is 13.8. The zero-order valence-electron chi connectivity index (χ0n) is 12.2. The molecular formula is C15H21BrN2O3. The van der Waals surface area contributed by atoms with E-state index in [0.717, 1.165) is 16.8 Å². The summed E-state index contributed by atoms with van der Waals surface area (Å²) in [5.74, 6) is 0.854. The van der Waals surface area contributed by atoms with Crippen molar-refractivity contribution in [2.24, 2.45) is 0 Å². The van der Waals surface area contributed by atoms with E-state index in [2.05, 4.69) is 26.1 Å². The topological polar surface area (TPSA) is 50.8 Å². The summed E-state index contributed by atoms with van der Waals surface area (Å²) >= 11 is 3.42. The Labute approximate surface area is 133 Å². The Morgan fingerprint density at radius 1 is 1.57 bits per heavy atom. The maximum absolute atomic E-state index is 12.0. The van der Waals surface area contributed by atoms with Crippen LogP contribution in [-0.4, -0.2) is 56.3 Å². The van der Waals surface area contributed by atoms with Crippen molar-refractivity contribution >= 4 is 21.8 Å². The van der Waals surface area contributed by atoms with Gasteiger partial charge in [-0.15, -0.1) is 0 Å². The van der Waals surface area contributed by atoms with Gasteiger partial charge in [-0.1, -0.05) is 22.0 Å². The Hall–Kier alpha value is -1.11. The van der Waals surface area contributed by atoms with Crippen LogP contribution in [-0.2, 0) is 9.53 Å². The van der Waals surface area contributed by atoms with Crippen molar-refractivity contribution in [3.63, 3.8) is 0 Å². The van der Waals surface area contributed by atoms with Crippen LogP contribution in [0.15, 0.2) is 28.7 Å². The first-order chi connectivity index (χ1) is 10.2. The molecule has 1 aromatic rings. The molecule has 0 aromatic heterocycles. The third-order valence-corrected chi connectivity index (χ3v) is 3.83. The van der Waals surface area contributed by atoms with Crippen LogP contribution in [0.1, 0.15) is 6.92 Å². The van der Waals surface area contributed by atoms with E-state index in [0.29, 0.717) is 32.9 Å². The van der Waals surface area contributed by atoms with Crippen LogP contribution < -0.4 is 10.1 Å². The average molecular weight is 357 g/mol. The summed E-state index contributed by atoms with van der Waals surface area (Å²) in [6.45, 7) is 5.67. The fourth-order valence-corrected chi connectivity index (χ4v) is 2.65. The smallest absolute Gasteiger partial charge is 0.239 e. The van der Waals surface area contributed by atoms with E-state index in [4.69, 9.17) is 9.47 Å². The van der Waals surface area contributed by atoms with Crippen molar-refractivity contribution in [1.82, 2.24) is 10.2 Å². The zero-order chi connectivity index (χ0) is 15.1. The van der Waals surface area contributed by atoms with Crippen LogP contribution in [0, 0.1) is 0 Å². The fraction of sp³-hybridized carbons (Fsp3) is 0.533. The molecule has 2 rings (SSSR count). The number of hydrogen-bond acceptors (Lipinski definition) is 4. The fourth-order valence-electron chi connectivity index (χ4n) is 2.28. The minimum Gasteiger partial charge on any atom is -0.492 e. The largest absolute Gasteiger partial charge is 0.492 e. The molecule has 6 heteroatoms. The third kappa shape index (κ3) is 4.98. The van der Waals surface area contributed by atoms with E-state index in [1.165, 1.54) is 0 Å². The molecule has 1 aliphatic rings. The SMILES string of the molecule is CCNC(=O)C1COCCN1CCOc1cccc(Br)c1. The maximum Gasteiger partial charge on any atom is 0.239 e. The molecule has 5 nitrogen and oxygen atoms in total. The second-order valence-electron chi connectivity index (χ2n) is 4.83. The molecule has 1 fully saturated rings. The second-order valence-corrected chi connectivity index (χ2v) is 5.74. The quantitative estimate of drug-likeness (QED) is 0.842. The Morgan fingerprint density at radius 3 is 3.19 bits per heavy atom. The first-order valence-corrected chi connectivity index (χ1v) is 7.98. The molecule has 1 aromatic carbocycles. The summed E-state index contributed by atoms with van der Waals surface area (Å²) in [7, 11) is 0. The van der Waals surface area contributed by atoms with Crippen LogP contribution in [0.25, 0.3) is 0 Å². The number of likely N-dealkylation sites (N-methyl/N-ethyl adjacent to an activating group) is 1. The van der Waals surface area contributed by atoms with Crippen LogP contribution >= 0.6 is 15.9 Å². The van der Waals surface area contributed by atoms with Gasteiger partial charge in [0, 0.05) is 24.1 Å². The molecule has 1 amide bonds. The van der Waals surface area contributed by atoms with Crippen molar-refractivity contribution in [2.75, 3.05) is 39.5 Å². The summed E-state index contributed by atoms with van der Waals surface area (Å²) in [6, 6.07) is 7.53. The van der Waals surface area contributed by atoms with Gasteiger partial charge in [0.05, 0.1) is 13.2 Å². The summed E-state index contributed by atoms with van der Waals surface area (Å²) in [4.78, 5) is 14.1. The lowest BCUT2D eigenvalue weighted by atomic mass is 10.2. The summed E-state index contributed by atoms with van der Waals surface area (Å²) < 4.78 is 12.1. The molecule has 0 radical (unpaired) electrons. The van der Waals surface area contributed by atoms with Gasteiger partial charge < -0.3 is 14.8 Å². The lowest BCUT2D eigenvalue weighted by Crippen LogP contribution is -2.54. The molecule has 1 aliphatic heterocycles. The molecule has 1 N–H and O–H groups in total. The number of nitrogens with zero attached hydrogens (tertiary/aromatic N) is 1. The van der Waals surface area contributed by atoms with Gasteiger partial charge in [-0.05, 0) is 25.1 Å². The van der Waals surface area contributed by atoms with Crippen molar-refractivity contribution in [1.29, 1.82) is 0 Å². The van der Waals surface area contributed by atoms with E-state index in [1.54, 1.807) is 0 Å². The standard InChI is InChI=1S/C15H21BrN2O3/c1-2-17-15(19)14-11-20-8-6-18(14)7-9-21-13-5-3-4-12(16)10-13/h3-5,10,14H,2,6-9,11H2,1H3,(H,17,19). The summed E-state index contributed by atoms with van der Waals surface area (Å²) in [5.41, 5.74) is 0. The number of morpholine rings is 1. The molecule has 1 atom stereocenters. The normalized spacial score (nSPS) is 19.2. The Morgan fingerprint density at radius 2 is 2.43 bits per heavy atom. The lowest BCUT2D eigenvalue weighted by Gasteiger charge is -2.34. The van der Waals surface area contributed by atoms with Crippen LogP contribution in [0.5, 0.6) is 5.75 Å². The number of hydrogen-bond donors (Lipinski definition) is 1. The van der Waals surface area contributed by atoms with Crippen LogP contribution in [0.3, 0.4) is 0 Å². The van der Waals surface area contributed by atoms with E-state index in [-0.39, 0.29) is 11.9 Å². The van der Waals surface area contributed by atoms with Gasteiger partial charge in [0.2, 0.25) is 5.91 Å². The molecule has 116 valence electrons. The van der Waals surface area contributed by atoms with Crippen molar-refractivity contribution < 1.29 is 14.3 Å². The first-order valence-electron chi connectivity index (χ1n) is 7.18. The number of carbonyl (C=O) groups is 1. The van der Waals surface area contributed by atoms with Gasteiger partial charge in [-0.2, -0.15) is 0 Å². The average Bonchev–Trinajstić information content (AvgIpc) is 2.48. The van der Waals surface area contributed by atoms with Gasteiger partial charge in [0.15, 0.2) is 0 Å². The number of amides is 1. The van der Waals surface area contributed by atoms with Gasteiger partial charge in [0.1, 0.15) is 18.4 Å². The van der Waals surface area contributed by atoms with Crippen molar-refractivity contribution in [2.45, 2.75) is 13.0 Å². The van der Waals surface area contributed by atoms with E-state index >= 15 is 0 Å². The Balaban J connectivity index is 1.83. The van der Waals surface area contributed by atoms with E-state index in [1.807, 2.05) is 31.2 Å². The number of halogens is 1. The minimum absolute atomic E-state index is 0.0275. The minimum atomic E-state index is -0.218. The second kappa shape index (κ2) is 8.36. The Kier molecular flexibility index (Phi) is 6.48. The van der Waals surface area contributed by atoms with Gasteiger partial charge in [-0.25, -0.2) is 0 Å². The third-order valence-electron chi connectivity index (χ3n) is 3.34. The highest BCUT2D eigenvalue weighted by molar-refractivity contribution is 9.10. The highest BCUT2D eigenvalue weighted by Crippen LogP contribution is 2.17. The summed E-state index contributed by atoms with van der Waals surface area (Å²) in [6.07, 6.45) is 0. The predicted octanol–water partition coefficient (Wildman–Crippen LogP) is 1.66. The number of rotatable bonds is 6. The van der Waals surface area contributed by atoms with Gasteiger partial charge in [-0.3, -0.25) is 9.69 Å². The Bertz CT molecular complexity index is 470. The van der Waals surface area contributed by atoms with Crippen LogP contribution in [0.2, 0.25) is 0 Å². The van der Waals surface area contributed by atoms with Gasteiger partial charge in [0.25, 0.3) is 0 Å². The number of carbonyl (C=O) groups excluding carboxylic acids is 1. The molecule has 1 unspecified atom stereocenters. The highest BCUT2D eigenvalue weighted by Gasteiger charge is 2.28. The molecule has 0 bridgehead atoms. The molecule has 0 saturated carbocycles. The molecule has 0 aliphatic carbocycles. The summed E-state index contributed by atoms with van der Waals surface area (Å²) in [5, 5.41) is 2.85. The molecule has 0 spiro atoms. The molecule has 1 saturated heterocycles. The lowest BCUT2D eigenvalue weighted by molar-refractivity contribution is -0.132. The van der Waals surface area contributed by atoms with E-state index < -0.39 is 0 Å². The number of ether oxygens (including phenoxy) is 2. The first kappa shape index (κ1) is 16.3. The molecular weight excluding hydrogens is 336 g/mol.